The van der Waals surface area contributed by atoms with Gasteiger partial charge in [0.1, 0.15) is 23.9 Å². The van der Waals surface area contributed by atoms with Crippen LogP contribution in [0.4, 0.5) is 0 Å². The summed E-state index contributed by atoms with van der Waals surface area (Å²) in [5, 5.41) is 13.8. The molecule has 0 unspecified atom stereocenters. The number of esters is 1. The van der Waals surface area contributed by atoms with E-state index in [1.165, 1.54) is 6.42 Å². The van der Waals surface area contributed by atoms with Gasteiger partial charge >= 0.3 is 5.97 Å². The van der Waals surface area contributed by atoms with E-state index in [1.807, 2.05) is 42.5 Å². The number of aromatic nitrogens is 3. The van der Waals surface area contributed by atoms with Gasteiger partial charge in [0.25, 0.3) is 0 Å². The number of amidine groups is 1. The van der Waals surface area contributed by atoms with Crippen LogP contribution in [-0.4, -0.2) is 54.0 Å². The predicted octanol–water partition coefficient (Wildman–Crippen LogP) is 4.82. The van der Waals surface area contributed by atoms with Crippen LogP contribution in [0.15, 0.2) is 54.7 Å². The number of methoxy groups -OCH3 is 2. The number of hydrogen-bond donors (Lipinski definition) is 2. The number of nitrogen functional groups attached to an aromatic ring is 1. The number of nitrogens with two attached hydrogens (primary N) is 1. The molecule has 5 rings (SSSR count). The lowest BCUT2D eigenvalue weighted by atomic mass is 9.93. The summed E-state index contributed by atoms with van der Waals surface area (Å²) in [6.07, 6.45) is 5.71. The Morgan fingerprint density at radius 2 is 1.95 bits per heavy atom. The number of carbonyl (C=O) groups is 1. The highest BCUT2D eigenvalue weighted by molar-refractivity contribution is 5.98. The smallest absolute Gasteiger partial charge is 0.310 e. The Balaban J connectivity index is 1.44. The number of nitrogens with one attached hydrogen (secondary N) is 1. The van der Waals surface area contributed by atoms with Gasteiger partial charge in [0.05, 0.1) is 37.4 Å². The van der Waals surface area contributed by atoms with Gasteiger partial charge in [-0.1, -0.05) is 24.3 Å². The van der Waals surface area contributed by atoms with Crippen molar-refractivity contribution in [2.75, 3.05) is 27.4 Å². The highest BCUT2D eigenvalue weighted by atomic mass is 16.5. The third-order valence-electron chi connectivity index (χ3n) is 7.32. The predicted molar refractivity (Wildman–Crippen MR) is 155 cm³/mol. The largest absolute Gasteiger partial charge is 0.494 e. The van der Waals surface area contributed by atoms with Crippen LogP contribution in [0.25, 0.3) is 22.0 Å². The Morgan fingerprint density at radius 3 is 2.68 bits per heavy atom. The molecule has 10 heteroatoms. The number of fused-ring (bicyclic) bond motifs is 1. The topological polar surface area (TPSA) is 135 Å². The summed E-state index contributed by atoms with van der Waals surface area (Å²) >= 11 is 0. The second-order valence-corrected chi connectivity index (χ2v) is 10.0. The van der Waals surface area contributed by atoms with Crippen LogP contribution < -0.4 is 15.2 Å². The van der Waals surface area contributed by atoms with Crippen molar-refractivity contribution < 1.29 is 23.7 Å². The van der Waals surface area contributed by atoms with Crippen LogP contribution >= 0.6 is 0 Å². The summed E-state index contributed by atoms with van der Waals surface area (Å²) in [6, 6.07) is 15.8. The van der Waals surface area contributed by atoms with E-state index in [0.717, 1.165) is 46.1 Å². The van der Waals surface area contributed by atoms with E-state index < -0.39 is 0 Å². The van der Waals surface area contributed by atoms with Gasteiger partial charge in [-0.05, 0) is 49.1 Å². The fourth-order valence-electron chi connectivity index (χ4n) is 5.01. The molecule has 4 aromatic rings. The highest BCUT2D eigenvalue weighted by Gasteiger charge is 2.26. The SMILES string of the molecule is COCCCOC(=O)Cc1ccccc1OCc1c2cc(-c3ccnc(C(=N)N)c3OC)ccc2nn1C1CCC1. The molecule has 1 aliphatic rings. The number of para-hydroxylation sites is 1. The van der Waals surface area contributed by atoms with E-state index in [0.29, 0.717) is 42.9 Å². The quantitative estimate of drug-likeness (QED) is 0.103. The van der Waals surface area contributed by atoms with Crippen molar-refractivity contribution in [1.29, 1.82) is 5.41 Å². The molecule has 0 spiro atoms. The van der Waals surface area contributed by atoms with Gasteiger partial charge in [0.2, 0.25) is 0 Å². The van der Waals surface area contributed by atoms with Gasteiger partial charge in [-0.15, -0.1) is 0 Å². The van der Waals surface area contributed by atoms with Gasteiger partial charge in [0.15, 0.2) is 5.75 Å². The summed E-state index contributed by atoms with van der Waals surface area (Å²) in [5.41, 5.74) is 10.3. The lowest BCUT2D eigenvalue weighted by Crippen LogP contribution is -2.21. The highest BCUT2D eigenvalue weighted by Crippen LogP contribution is 2.38. The molecule has 214 valence electrons. The van der Waals surface area contributed by atoms with Crippen LogP contribution in [0.1, 0.15) is 48.7 Å². The lowest BCUT2D eigenvalue weighted by molar-refractivity contribution is -0.143. The molecule has 1 saturated carbocycles. The standard InChI is InChI=1S/C31H35N5O5/c1-38-15-6-16-40-28(37)18-21-7-3-4-10-27(21)41-19-26-24-17-20(11-12-25(24)35-36(26)22-8-5-9-22)23-13-14-34-29(31(32)33)30(23)39-2/h3-4,7,10-14,17,22H,5-6,8-9,15-16,18-19H2,1-2H3,(H3,32,33). The molecular weight excluding hydrogens is 522 g/mol. The molecule has 0 bridgehead atoms. The van der Waals surface area contributed by atoms with Gasteiger partial charge in [0, 0.05) is 42.8 Å². The van der Waals surface area contributed by atoms with E-state index in [-0.39, 0.29) is 24.8 Å². The first-order valence-corrected chi connectivity index (χ1v) is 13.7. The van der Waals surface area contributed by atoms with Gasteiger partial charge in [-0.3, -0.25) is 14.9 Å². The fraction of sp³-hybridized carbons (Fsp3) is 0.355. The Labute approximate surface area is 238 Å². The van der Waals surface area contributed by atoms with E-state index >= 15 is 0 Å². The number of benzene rings is 2. The van der Waals surface area contributed by atoms with Crippen molar-refractivity contribution in [2.24, 2.45) is 5.73 Å². The Morgan fingerprint density at radius 1 is 1.12 bits per heavy atom. The molecule has 0 radical (unpaired) electrons. The van der Waals surface area contributed by atoms with E-state index in [4.69, 9.17) is 35.2 Å². The van der Waals surface area contributed by atoms with E-state index in [9.17, 15) is 4.79 Å². The first kappa shape index (κ1) is 28.1. The summed E-state index contributed by atoms with van der Waals surface area (Å²) in [4.78, 5) is 16.7. The second-order valence-electron chi connectivity index (χ2n) is 10.0. The molecule has 0 aliphatic heterocycles. The minimum atomic E-state index is -0.303. The molecule has 1 aliphatic carbocycles. The second kappa shape index (κ2) is 12.8. The summed E-state index contributed by atoms with van der Waals surface area (Å²) < 4.78 is 24.4. The molecule has 10 nitrogen and oxygen atoms in total. The van der Waals surface area contributed by atoms with Crippen molar-refractivity contribution in [1.82, 2.24) is 14.8 Å². The number of rotatable bonds is 13. The maximum Gasteiger partial charge on any atom is 0.310 e. The van der Waals surface area contributed by atoms with E-state index in [1.54, 1.807) is 20.4 Å². The summed E-state index contributed by atoms with van der Waals surface area (Å²) in [5.74, 6) is 0.623. The fourth-order valence-corrected chi connectivity index (χ4v) is 5.01. The van der Waals surface area contributed by atoms with Crippen molar-refractivity contribution in [3.63, 3.8) is 0 Å². The Hall–Kier alpha value is -4.44. The monoisotopic (exact) mass is 557 g/mol. The van der Waals surface area contributed by atoms with Gasteiger partial charge < -0.3 is 24.7 Å². The van der Waals surface area contributed by atoms with Crippen molar-refractivity contribution in [2.45, 2.75) is 44.8 Å². The molecular formula is C31H35N5O5. The van der Waals surface area contributed by atoms with Crippen molar-refractivity contribution >= 4 is 22.7 Å². The average Bonchev–Trinajstić information content (AvgIpc) is 3.30. The number of nitrogens with zero attached hydrogens (tertiary/aromatic N) is 3. The average molecular weight is 558 g/mol. The molecule has 0 atom stereocenters. The molecule has 2 heterocycles. The first-order chi connectivity index (χ1) is 20.0. The Bertz CT molecular complexity index is 1550. The van der Waals surface area contributed by atoms with E-state index in [2.05, 4.69) is 15.7 Å². The minimum Gasteiger partial charge on any atom is -0.494 e. The molecule has 2 aromatic heterocycles. The number of pyridine rings is 1. The molecule has 1 fully saturated rings. The van der Waals surface area contributed by atoms with Crippen molar-refractivity contribution in [3.05, 3.63) is 71.7 Å². The van der Waals surface area contributed by atoms with Crippen molar-refractivity contribution in [3.8, 4) is 22.6 Å². The zero-order chi connectivity index (χ0) is 28.8. The number of carbonyl (C=O) groups excluding carboxylic acids is 1. The lowest BCUT2D eigenvalue weighted by Gasteiger charge is -2.27. The number of ether oxygens (including phenoxy) is 4. The summed E-state index contributed by atoms with van der Waals surface area (Å²) in [6.45, 7) is 1.15. The summed E-state index contributed by atoms with van der Waals surface area (Å²) in [7, 11) is 3.17. The Kier molecular flexibility index (Phi) is 8.79. The maximum atomic E-state index is 12.4. The van der Waals surface area contributed by atoms with Crippen LogP contribution in [0.5, 0.6) is 11.5 Å². The zero-order valence-electron chi connectivity index (χ0n) is 23.4. The molecule has 3 N–H and O–H groups in total. The zero-order valence-corrected chi connectivity index (χ0v) is 23.4. The molecule has 41 heavy (non-hydrogen) atoms. The van der Waals surface area contributed by atoms with Gasteiger partial charge in [-0.2, -0.15) is 5.10 Å². The van der Waals surface area contributed by atoms with Crippen LogP contribution in [0.3, 0.4) is 0 Å². The third kappa shape index (κ3) is 6.17. The maximum absolute atomic E-state index is 12.4. The third-order valence-corrected chi connectivity index (χ3v) is 7.32. The van der Waals surface area contributed by atoms with Crippen LogP contribution in [0, 0.1) is 5.41 Å². The molecule has 0 saturated heterocycles. The van der Waals surface area contributed by atoms with Crippen LogP contribution in [0.2, 0.25) is 0 Å². The normalized spacial score (nSPS) is 13.1. The molecule has 2 aromatic carbocycles. The first-order valence-electron chi connectivity index (χ1n) is 13.7. The van der Waals surface area contributed by atoms with Gasteiger partial charge in [-0.25, -0.2) is 4.98 Å². The van der Waals surface area contributed by atoms with Crippen LogP contribution in [-0.2, 0) is 27.3 Å². The number of hydrogen-bond acceptors (Lipinski definition) is 8. The minimum absolute atomic E-state index is 0.121. The molecule has 0 amide bonds.